The number of rotatable bonds is 1. The molecular formula is C5H6N2O4. The number of ether oxygens (including phenoxy) is 1. The molecule has 0 atom stereocenters. The van der Waals surface area contributed by atoms with Crippen LogP contribution in [0.4, 0.5) is 4.79 Å². The average molecular weight is 158 g/mol. The van der Waals surface area contributed by atoms with Crippen molar-refractivity contribution in [1.82, 2.24) is 9.78 Å². The summed E-state index contributed by atoms with van der Waals surface area (Å²) in [5, 5.41) is 10.5. The van der Waals surface area contributed by atoms with Gasteiger partial charge in [-0.15, -0.1) is 0 Å². The van der Waals surface area contributed by atoms with Gasteiger partial charge in [0.15, 0.2) is 0 Å². The van der Waals surface area contributed by atoms with Crippen LogP contribution < -0.4 is 10.3 Å². The maximum atomic E-state index is 10.7. The highest BCUT2D eigenvalue weighted by molar-refractivity contribution is 5.60. The van der Waals surface area contributed by atoms with E-state index in [0.717, 1.165) is 10.7 Å². The molecule has 1 aromatic rings. The fourth-order valence-electron chi connectivity index (χ4n) is 0.608. The molecule has 6 nitrogen and oxygen atoms in total. The highest BCUT2D eigenvalue weighted by atomic mass is 16.7. The van der Waals surface area contributed by atoms with Gasteiger partial charge in [-0.1, -0.05) is 0 Å². The first-order valence-corrected chi connectivity index (χ1v) is 2.76. The molecule has 0 radical (unpaired) electrons. The lowest BCUT2D eigenvalue weighted by Gasteiger charge is -1.92. The van der Waals surface area contributed by atoms with Crippen LogP contribution in [-0.4, -0.2) is 21.0 Å². The van der Waals surface area contributed by atoms with Gasteiger partial charge < -0.3 is 9.84 Å². The van der Waals surface area contributed by atoms with Crippen molar-refractivity contribution < 1.29 is 14.6 Å². The summed E-state index contributed by atoms with van der Waals surface area (Å²) >= 11 is 0. The molecule has 11 heavy (non-hydrogen) atoms. The summed E-state index contributed by atoms with van der Waals surface area (Å²) in [7, 11) is 1.46. The molecule has 60 valence electrons. The smallest absolute Gasteiger partial charge is 0.449 e. The van der Waals surface area contributed by atoms with Gasteiger partial charge in [0.1, 0.15) is 0 Å². The van der Waals surface area contributed by atoms with E-state index < -0.39 is 6.16 Å². The first kappa shape index (κ1) is 7.39. The number of nitrogens with zero attached hydrogens (tertiary/aromatic N) is 1. The second-order valence-electron chi connectivity index (χ2n) is 1.89. The monoisotopic (exact) mass is 158 g/mol. The van der Waals surface area contributed by atoms with E-state index in [2.05, 4.69) is 9.84 Å². The summed E-state index contributed by atoms with van der Waals surface area (Å²) in [6.07, 6.45) is -1.45. The van der Waals surface area contributed by atoms with Crippen molar-refractivity contribution in [2.45, 2.75) is 0 Å². The van der Waals surface area contributed by atoms with E-state index in [1.165, 1.54) is 7.05 Å². The molecule has 0 aliphatic heterocycles. The highest BCUT2D eigenvalue weighted by Crippen LogP contribution is 1.99. The Kier molecular flexibility index (Phi) is 1.67. The second-order valence-corrected chi connectivity index (χ2v) is 1.89. The van der Waals surface area contributed by atoms with E-state index in [0.29, 0.717) is 0 Å². The molecule has 1 rings (SSSR count). The Hall–Kier alpha value is -1.72. The lowest BCUT2D eigenvalue weighted by atomic mass is 10.7. The van der Waals surface area contributed by atoms with Gasteiger partial charge in [0.2, 0.25) is 5.88 Å². The Bertz CT molecular complexity index is 323. The molecular weight excluding hydrogens is 152 g/mol. The van der Waals surface area contributed by atoms with Crippen molar-refractivity contribution in [2.24, 2.45) is 7.05 Å². The number of nitrogens with one attached hydrogen (secondary N) is 1. The molecule has 0 amide bonds. The number of H-pyrrole nitrogens is 1. The lowest BCUT2D eigenvalue weighted by Crippen LogP contribution is -2.09. The van der Waals surface area contributed by atoms with Crippen molar-refractivity contribution >= 4 is 6.16 Å². The first-order valence-electron chi connectivity index (χ1n) is 2.76. The van der Waals surface area contributed by atoms with Crippen LogP contribution in [0.1, 0.15) is 0 Å². The number of aromatic amines is 1. The lowest BCUT2D eigenvalue weighted by molar-refractivity contribution is 0.142. The zero-order valence-corrected chi connectivity index (χ0v) is 5.70. The Labute approximate surface area is 61.0 Å². The van der Waals surface area contributed by atoms with Gasteiger partial charge in [0, 0.05) is 7.05 Å². The van der Waals surface area contributed by atoms with Gasteiger partial charge >= 0.3 is 6.16 Å². The van der Waals surface area contributed by atoms with E-state index in [9.17, 15) is 9.59 Å². The zero-order valence-electron chi connectivity index (χ0n) is 5.70. The molecule has 0 unspecified atom stereocenters. The Morgan fingerprint density at radius 2 is 2.45 bits per heavy atom. The third kappa shape index (κ3) is 1.60. The van der Waals surface area contributed by atoms with E-state index in [-0.39, 0.29) is 11.4 Å². The van der Waals surface area contributed by atoms with E-state index in [1.807, 2.05) is 0 Å². The Morgan fingerprint density at radius 1 is 1.82 bits per heavy atom. The van der Waals surface area contributed by atoms with Crippen molar-refractivity contribution in [3.63, 3.8) is 0 Å². The molecule has 0 aliphatic carbocycles. The van der Waals surface area contributed by atoms with Gasteiger partial charge in [-0.2, -0.15) is 0 Å². The van der Waals surface area contributed by atoms with Crippen molar-refractivity contribution in [3.8, 4) is 5.88 Å². The fourth-order valence-corrected chi connectivity index (χ4v) is 0.608. The molecule has 0 aliphatic rings. The summed E-state index contributed by atoms with van der Waals surface area (Å²) in [5.41, 5.74) is -0.346. The molecule has 6 heteroatoms. The van der Waals surface area contributed by atoms with Crippen LogP contribution in [0.15, 0.2) is 10.9 Å². The standard InChI is InChI=1S/C5H6N2O4/c1-7-4(8)2-3(6-7)11-5(9)10/h2,6H,1H3,(H,9,10). The molecule has 0 saturated carbocycles. The van der Waals surface area contributed by atoms with Gasteiger partial charge in [-0.05, 0) is 0 Å². The van der Waals surface area contributed by atoms with Crippen LogP contribution in [0.2, 0.25) is 0 Å². The van der Waals surface area contributed by atoms with Crippen LogP contribution in [0, 0.1) is 0 Å². The summed E-state index contributed by atoms with van der Waals surface area (Å²) in [4.78, 5) is 20.6. The average Bonchev–Trinajstić information content (AvgIpc) is 2.10. The summed E-state index contributed by atoms with van der Waals surface area (Å²) in [6.45, 7) is 0. The summed E-state index contributed by atoms with van der Waals surface area (Å²) < 4.78 is 5.27. The molecule has 0 spiro atoms. The number of carbonyl (C=O) groups is 1. The van der Waals surface area contributed by atoms with Crippen LogP contribution in [0.3, 0.4) is 0 Å². The Balaban J connectivity index is 2.89. The molecule has 0 fully saturated rings. The number of aryl methyl sites for hydroxylation is 1. The van der Waals surface area contributed by atoms with E-state index in [4.69, 9.17) is 5.11 Å². The largest absolute Gasteiger partial charge is 0.512 e. The minimum Gasteiger partial charge on any atom is -0.449 e. The predicted molar refractivity (Wildman–Crippen MR) is 34.7 cm³/mol. The van der Waals surface area contributed by atoms with Crippen LogP contribution in [0.5, 0.6) is 5.88 Å². The number of aromatic nitrogens is 2. The molecule has 0 bridgehead atoms. The van der Waals surface area contributed by atoms with Gasteiger partial charge in [-0.25, -0.2) is 4.79 Å². The van der Waals surface area contributed by atoms with Gasteiger partial charge in [0.05, 0.1) is 6.07 Å². The minimum absolute atomic E-state index is 0.0787. The van der Waals surface area contributed by atoms with Crippen molar-refractivity contribution in [2.75, 3.05) is 0 Å². The van der Waals surface area contributed by atoms with Crippen LogP contribution in [0.25, 0.3) is 0 Å². The van der Waals surface area contributed by atoms with Crippen LogP contribution >= 0.6 is 0 Å². The number of carboxylic acid groups (broad SMARTS) is 1. The normalized spacial score (nSPS) is 9.55. The highest BCUT2D eigenvalue weighted by Gasteiger charge is 2.03. The maximum Gasteiger partial charge on any atom is 0.512 e. The van der Waals surface area contributed by atoms with E-state index >= 15 is 0 Å². The fraction of sp³-hybridized carbons (Fsp3) is 0.200. The zero-order chi connectivity index (χ0) is 8.43. The van der Waals surface area contributed by atoms with Gasteiger partial charge in [0.25, 0.3) is 5.56 Å². The number of hydrogen-bond donors (Lipinski definition) is 2. The molecule has 1 heterocycles. The summed E-state index contributed by atoms with van der Waals surface area (Å²) in [5.74, 6) is -0.0787. The second kappa shape index (κ2) is 2.49. The first-order chi connectivity index (χ1) is 5.09. The topological polar surface area (TPSA) is 84.3 Å². The quantitative estimate of drug-likeness (QED) is 0.553. The predicted octanol–water partition coefficient (Wildman–Crippen LogP) is -0.230. The molecule has 0 saturated heterocycles. The number of hydrogen-bond acceptors (Lipinski definition) is 3. The van der Waals surface area contributed by atoms with E-state index in [1.54, 1.807) is 0 Å². The third-order valence-electron chi connectivity index (χ3n) is 1.06. The maximum absolute atomic E-state index is 10.7. The SMILES string of the molecule is Cn1[nH]c(OC(=O)O)cc1=O. The van der Waals surface area contributed by atoms with Crippen molar-refractivity contribution in [1.29, 1.82) is 0 Å². The molecule has 0 aromatic carbocycles. The minimum atomic E-state index is -1.45. The molecule has 2 N–H and O–H groups in total. The third-order valence-corrected chi connectivity index (χ3v) is 1.06. The summed E-state index contributed by atoms with van der Waals surface area (Å²) in [6, 6.07) is 1.05. The Morgan fingerprint density at radius 3 is 2.82 bits per heavy atom. The van der Waals surface area contributed by atoms with Crippen LogP contribution in [-0.2, 0) is 7.05 Å². The van der Waals surface area contributed by atoms with Crippen molar-refractivity contribution in [3.05, 3.63) is 16.4 Å². The van der Waals surface area contributed by atoms with Gasteiger partial charge in [-0.3, -0.25) is 14.6 Å². The molecule has 1 aromatic heterocycles.